The number of hydrogen-bond acceptors (Lipinski definition) is 5. The van der Waals surface area contributed by atoms with Crippen molar-refractivity contribution in [3.63, 3.8) is 0 Å². The number of carbonyl (C=O) groups is 1. The summed E-state index contributed by atoms with van der Waals surface area (Å²) >= 11 is 0. The Hall–Kier alpha value is -3.46. The number of carbonyl (C=O) groups excluding carboxylic acids is 1. The molecule has 26 heavy (non-hydrogen) atoms. The van der Waals surface area contributed by atoms with Gasteiger partial charge in [0.15, 0.2) is 0 Å². The first kappa shape index (κ1) is 18.9. The molecule has 0 radical (unpaired) electrons. The van der Waals surface area contributed by atoms with E-state index in [4.69, 9.17) is 9.47 Å². The molecule has 0 spiro atoms. The Morgan fingerprint density at radius 2 is 1.88 bits per heavy atom. The highest BCUT2D eigenvalue weighted by Gasteiger charge is 2.14. The molecular weight excluding hydrogens is 330 g/mol. The largest absolute Gasteiger partial charge is 0.497 e. The van der Waals surface area contributed by atoms with Crippen LogP contribution >= 0.6 is 0 Å². The van der Waals surface area contributed by atoms with Crippen molar-refractivity contribution in [2.24, 2.45) is 0 Å². The molecule has 2 aromatic carbocycles. The molecule has 0 aliphatic rings. The first-order valence-corrected chi connectivity index (χ1v) is 8.03. The van der Waals surface area contributed by atoms with Crippen LogP contribution in [0.2, 0.25) is 0 Å². The lowest BCUT2D eigenvalue weighted by Gasteiger charge is -2.14. The summed E-state index contributed by atoms with van der Waals surface area (Å²) in [7, 11) is 3.09. The van der Waals surface area contributed by atoms with Gasteiger partial charge in [0.05, 0.1) is 25.9 Å². The highest BCUT2D eigenvalue weighted by molar-refractivity contribution is 5.97. The van der Waals surface area contributed by atoms with E-state index in [0.717, 1.165) is 5.56 Å². The van der Waals surface area contributed by atoms with E-state index >= 15 is 0 Å². The van der Waals surface area contributed by atoms with E-state index in [2.05, 4.69) is 10.6 Å². The zero-order chi connectivity index (χ0) is 18.9. The summed E-state index contributed by atoms with van der Waals surface area (Å²) < 4.78 is 10.4. The summed E-state index contributed by atoms with van der Waals surface area (Å²) in [5, 5.41) is 15.1. The fourth-order valence-corrected chi connectivity index (χ4v) is 2.32. The summed E-state index contributed by atoms with van der Waals surface area (Å²) in [6, 6.07) is 16.4. The Morgan fingerprint density at radius 3 is 2.50 bits per heavy atom. The van der Waals surface area contributed by atoms with Gasteiger partial charge in [0, 0.05) is 12.3 Å². The zero-order valence-corrected chi connectivity index (χ0v) is 14.9. The quantitative estimate of drug-likeness (QED) is 0.590. The van der Waals surface area contributed by atoms with Crippen LogP contribution in [-0.4, -0.2) is 20.1 Å². The van der Waals surface area contributed by atoms with Crippen molar-refractivity contribution in [1.82, 2.24) is 5.32 Å². The van der Waals surface area contributed by atoms with Crippen LogP contribution in [0.1, 0.15) is 18.5 Å². The molecule has 6 nitrogen and oxygen atoms in total. The summed E-state index contributed by atoms with van der Waals surface area (Å²) in [6.07, 6.45) is 1.35. The van der Waals surface area contributed by atoms with E-state index in [-0.39, 0.29) is 11.6 Å². The van der Waals surface area contributed by atoms with Gasteiger partial charge in [-0.3, -0.25) is 4.79 Å². The molecule has 0 saturated heterocycles. The van der Waals surface area contributed by atoms with Gasteiger partial charge in [-0.05, 0) is 24.6 Å². The minimum atomic E-state index is -0.460. The second-order valence-electron chi connectivity index (χ2n) is 5.49. The number of methoxy groups -OCH3 is 2. The average Bonchev–Trinajstić information content (AvgIpc) is 2.68. The third-order valence-corrected chi connectivity index (χ3v) is 3.79. The lowest BCUT2D eigenvalue weighted by molar-refractivity contribution is -0.117. The number of ether oxygens (including phenoxy) is 2. The molecular formula is C20H21N3O3. The molecule has 0 saturated carbocycles. The maximum Gasteiger partial charge on any atom is 0.263 e. The van der Waals surface area contributed by atoms with Crippen LogP contribution in [0.4, 0.5) is 5.69 Å². The summed E-state index contributed by atoms with van der Waals surface area (Å²) in [6.45, 7) is 1.86. The van der Waals surface area contributed by atoms with Crippen molar-refractivity contribution in [2.75, 3.05) is 19.5 Å². The fraction of sp³-hybridized carbons (Fsp3) is 0.200. The van der Waals surface area contributed by atoms with E-state index in [1.165, 1.54) is 13.3 Å². The molecule has 0 bridgehead atoms. The molecule has 0 aliphatic heterocycles. The van der Waals surface area contributed by atoms with Crippen LogP contribution in [0, 0.1) is 11.3 Å². The number of nitrogens with one attached hydrogen (secondary N) is 2. The van der Waals surface area contributed by atoms with Crippen molar-refractivity contribution in [3.8, 4) is 17.6 Å². The van der Waals surface area contributed by atoms with Gasteiger partial charge >= 0.3 is 0 Å². The monoisotopic (exact) mass is 351 g/mol. The van der Waals surface area contributed by atoms with Gasteiger partial charge in [0.25, 0.3) is 5.91 Å². The smallest absolute Gasteiger partial charge is 0.263 e. The van der Waals surface area contributed by atoms with Crippen molar-refractivity contribution in [3.05, 3.63) is 65.9 Å². The molecule has 1 unspecified atom stereocenters. The van der Waals surface area contributed by atoms with E-state index in [9.17, 15) is 10.1 Å². The summed E-state index contributed by atoms with van der Waals surface area (Å²) in [4.78, 5) is 12.4. The van der Waals surface area contributed by atoms with Gasteiger partial charge in [-0.2, -0.15) is 5.26 Å². The number of hydrogen-bond donors (Lipinski definition) is 2. The second-order valence-corrected chi connectivity index (χ2v) is 5.49. The molecule has 0 fully saturated rings. The Balaban J connectivity index is 2.13. The maximum absolute atomic E-state index is 12.4. The fourth-order valence-electron chi connectivity index (χ4n) is 2.32. The van der Waals surface area contributed by atoms with Gasteiger partial charge in [0.1, 0.15) is 23.1 Å². The lowest BCUT2D eigenvalue weighted by Crippen LogP contribution is -2.28. The highest BCUT2D eigenvalue weighted by atomic mass is 16.5. The molecule has 2 aromatic rings. The van der Waals surface area contributed by atoms with E-state index in [1.54, 1.807) is 25.3 Å². The van der Waals surface area contributed by atoms with Crippen molar-refractivity contribution < 1.29 is 14.3 Å². The number of nitriles is 1. The van der Waals surface area contributed by atoms with Crippen molar-refractivity contribution >= 4 is 11.6 Å². The Kier molecular flexibility index (Phi) is 6.63. The van der Waals surface area contributed by atoms with E-state index in [0.29, 0.717) is 17.2 Å². The van der Waals surface area contributed by atoms with Crippen LogP contribution < -0.4 is 20.1 Å². The zero-order valence-electron chi connectivity index (χ0n) is 14.9. The average molecular weight is 351 g/mol. The number of rotatable bonds is 7. The molecule has 0 aliphatic carbocycles. The third kappa shape index (κ3) is 4.77. The summed E-state index contributed by atoms with van der Waals surface area (Å²) in [5.41, 5.74) is 1.50. The molecule has 0 heterocycles. The first-order chi connectivity index (χ1) is 12.6. The first-order valence-electron chi connectivity index (χ1n) is 8.03. The predicted molar refractivity (Wildman–Crippen MR) is 99.9 cm³/mol. The normalized spacial score (nSPS) is 11.8. The Morgan fingerprint density at radius 1 is 1.15 bits per heavy atom. The lowest BCUT2D eigenvalue weighted by atomic mass is 10.1. The van der Waals surface area contributed by atoms with Gasteiger partial charge in [-0.1, -0.05) is 30.3 Å². The number of benzene rings is 2. The molecule has 6 heteroatoms. The van der Waals surface area contributed by atoms with Gasteiger partial charge in [-0.15, -0.1) is 0 Å². The van der Waals surface area contributed by atoms with Gasteiger partial charge in [-0.25, -0.2) is 0 Å². The van der Waals surface area contributed by atoms with Gasteiger partial charge < -0.3 is 20.1 Å². The minimum Gasteiger partial charge on any atom is -0.497 e. The molecule has 1 atom stereocenters. The van der Waals surface area contributed by atoms with Crippen molar-refractivity contribution in [2.45, 2.75) is 13.0 Å². The van der Waals surface area contributed by atoms with Crippen LogP contribution in [0.3, 0.4) is 0 Å². The van der Waals surface area contributed by atoms with E-state index in [1.807, 2.05) is 43.3 Å². The Bertz CT molecular complexity index is 826. The molecule has 0 aromatic heterocycles. The van der Waals surface area contributed by atoms with Gasteiger partial charge in [0.2, 0.25) is 0 Å². The second kappa shape index (κ2) is 9.14. The van der Waals surface area contributed by atoms with Crippen LogP contribution in [0.25, 0.3) is 0 Å². The predicted octanol–water partition coefficient (Wildman–Crippen LogP) is 3.40. The molecule has 134 valence electrons. The standard InChI is InChI=1S/C20H21N3O3/c1-14(15-7-5-4-6-8-15)23-20(24)16(12-21)13-22-18-11-17(25-2)9-10-19(18)26-3/h4-11,13-14,22H,1-3H3,(H,23,24)/b16-13-. The number of amides is 1. The van der Waals surface area contributed by atoms with E-state index < -0.39 is 5.91 Å². The minimum absolute atomic E-state index is 0.0438. The maximum atomic E-state index is 12.4. The third-order valence-electron chi connectivity index (χ3n) is 3.79. The SMILES string of the molecule is COc1ccc(OC)c(N/C=C(/C#N)C(=O)NC(C)c2ccccc2)c1. The number of nitrogens with zero attached hydrogens (tertiary/aromatic N) is 1. The highest BCUT2D eigenvalue weighted by Crippen LogP contribution is 2.29. The molecule has 2 N–H and O–H groups in total. The topological polar surface area (TPSA) is 83.4 Å². The molecule has 2 rings (SSSR count). The van der Waals surface area contributed by atoms with Crippen LogP contribution in [0.5, 0.6) is 11.5 Å². The van der Waals surface area contributed by atoms with Crippen LogP contribution in [0.15, 0.2) is 60.3 Å². The Labute approximate surface area is 153 Å². The van der Waals surface area contributed by atoms with Crippen LogP contribution in [-0.2, 0) is 4.79 Å². The molecule has 1 amide bonds. The summed E-state index contributed by atoms with van der Waals surface area (Å²) in [5.74, 6) is 0.734. The van der Waals surface area contributed by atoms with Crippen molar-refractivity contribution in [1.29, 1.82) is 5.26 Å². The number of anilines is 1.